The van der Waals surface area contributed by atoms with Crippen LogP contribution < -0.4 is 26.6 Å². The van der Waals surface area contributed by atoms with Crippen molar-refractivity contribution in [3.05, 3.63) is 0 Å². The van der Waals surface area contributed by atoms with Gasteiger partial charge in [-0.1, -0.05) is 0 Å². The third-order valence-electron chi connectivity index (χ3n) is 21.7. The average molecular weight is 1770 g/mol. The van der Waals surface area contributed by atoms with E-state index in [4.69, 9.17) is 80.5 Å². The van der Waals surface area contributed by atoms with Crippen LogP contribution in [-0.4, -0.2) is 509 Å². The number of aliphatic hydroxyl groups excluding tert-OH is 25. The van der Waals surface area contributed by atoms with Gasteiger partial charge in [-0.05, 0) is 0 Å². The Hall–Kier alpha value is -4.86. The minimum absolute atomic E-state index is 0.795. The van der Waals surface area contributed by atoms with Crippen LogP contribution in [0.1, 0.15) is 41.0 Å². The summed E-state index contributed by atoms with van der Waals surface area (Å²) in [5.74, 6) is -9.61. The lowest BCUT2D eigenvalue weighted by Gasteiger charge is -2.51. The number of rotatable bonds is 33. The summed E-state index contributed by atoms with van der Waals surface area (Å²) in [4.78, 5) is 75.9. The fourth-order valence-electron chi connectivity index (χ4n) is 15.4. The minimum Gasteiger partial charge on any atom is -0.477 e. The molecule has 0 aromatic heterocycles. The molecule has 31 N–H and O–H groups in total. The summed E-state index contributed by atoms with van der Waals surface area (Å²) in [5.41, 5.74) is 0. The number of aliphatic hydroxyl groups is 25. The zero-order valence-electron chi connectivity index (χ0n) is 65.1. The Morgan fingerprint density at radius 3 is 1.12 bits per heavy atom. The van der Waals surface area contributed by atoms with Crippen molar-refractivity contribution in [3.63, 3.8) is 0 Å². The van der Waals surface area contributed by atoms with Gasteiger partial charge in [-0.3, -0.25) is 24.0 Å². The molecule has 46 atom stereocenters. The summed E-state index contributed by atoms with van der Waals surface area (Å²) >= 11 is 0. The van der Waals surface area contributed by atoms with Gasteiger partial charge in [0, 0.05) is 41.0 Å². The number of hydrogen-bond acceptors (Lipinski definition) is 48. The summed E-state index contributed by atoms with van der Waals surface area (Å²) in [6.45, 7) is -5.64. The molecule has 0 aliphatic carbocycles. The monoisotopic (exact) mass is 1770 g/mol. The van der Waals surface area contributed by atoms with Crippen molar-refractivity contribution >= 4 is 35.5 Å². The van der Waals surface area contributed by atoms with Crippen molar-refractivity contribution in [2.75, 3.05) is 59.5 Å². The number of amides is 5. The van der Waals surface area contributed by atoms with Crippen LogP contribution in [0.25, 0.3) is 0 Å². The fraction of sp³-hybridized carbons (Fsp3) is 0.910. The highest BCUT2D eigenvalue weighted by Crippen LogP contribution is 2.41. The van der Waals surface area contributed by atoms with Crippen molar-refractivity contribution in [1.82, 2.24) is 26.6 Å². The predicted molar refractivity (Wildman–Crippen MR) is 372 cm³/mol. The summed E-state index contributed by atoms with van der Waals surface area (Å²) < 4.78 is 101. The quantitative estimate of drug-likeness (QED) is 0.0290. The highest BCUT2D eigenvalue weighted by atomic mass is 16.8. The molecule has 9 saturated heterocycles. The van der Waals surface area contributed by atoms with E-state index in [-0.39, 0.29) is 0 Å². The van der Waals surface area contributed by atoms with Crippen LogP contribution >= 0.6 is 0 Å². The molecule has 0 aromatic rings. The van der Waals surface area contributed by atoms with Crippen LogP contribution in [-0.2, 0) is 109 Å². The van der Waals surface area contributed by atoms with Crippen LogP contribution in [0.15, 0.2) is 0 Å². The largest absolute Gasteiger partial charge is 0.477 e. The predicted octanol–water partition coefficient (Wildman–Crippen LogP) is -20.7. The standard InChI is InChI=1S/C67H111N5O49/c1-16(80)68-31-21(85)6-67(66(103)104,121-54(31)36(87)22(86)7-73)106-15-30-40(91)46(97)49(100)62(114-30)116-52-27(12-78)112-61(35(45(52)96)72-20(5)84)119-56-47(98)38(89)24(9-75)109-64(56)105-14-29-41(92)55(118-65-57(48(99)39(90)25(10-76)110-65)120-59-33(70-18(3)82)42(93)37(88)23(8-74)108-59)50(101)63(113-29)117-53-28(13-79)111-60(34(44(53)95)71-19(4)83)115-51-26(11-77)107-58(102)32(43(51)94)69-17(2)81/h21-65,73-79,85-102H,6-15H2,1-5H3,(H,68,80)(H,69,81)(H,70,82)(H,71,83)(H,72,84)(H,103,104)/t21-,22+,23+,24+,25+,26+,27+,28+,29+,30+,31+,32+,33+,34+,35+,36+,37+,38+,39+,40-,41+,42+,43+,44+,45+,46-,47-,48-,49+,50-,51+,52+,53+,54+,55-,56-,57-,58?,59-,60-,61-,62-,63-,64-,65+,67+/m0/s1. The van der Waals surface area contributed by atoms with Crippen LogP contribution in [0, 0.1) is 0 Å². The smallest absolute Gasteiger partial charge is 0.364 e. The number of carboxylic acids is 1. The second kappa shape index (κ2) is 43.3. The van der Waals surface area contributed by atoms with Gasteiger partial charge in [0.05, 0.1) is 71.6 Å². The van der Waals surface area contributed by atoms with E-state index in [0.29, 0.717) is 0 Å². The van der Waals surface area contributed by atoms with E-state index in [2.05, 4.69) is 26.6 Å². The lowest BCUT2D eigenvalue weighted by Crippen LogP contribution is -2.70. The third kappa shape index (κ3) is 22.5. The minimum atomic E-state index is -3.08. The van der Waals surface area contributed by atoms with Crippen molar-refractivity contribution in [3.8, 4) is 0 Å². The van der Waals surface area contributed by atoms with Gasteiger partial charge in [-0.25, -0.2) is 4.79 Å². The molecule has 9 rings (SSSR count). The molecule has 0 spiro atoms. The van der Waals surface area contributed by atoms with E-state index in [0.717, 1.165) is 34.6 Å². The molecule has 9 fully saturated rings. The highest BCUT2D eigenvalue weighted by molar-refractivity contribution is 5.77. The number of nitrogens with one attached hydrogen (secondary N) is 5. The Morgan fingerprint density at radius 1 is 0.339 bits per heavy atom. The first-order chi connectivity index (χ1) is 57.0. The number of carbonyl (C=O) groups excluding carboxylic acids is 5. The first-order valence-electron chi connectivity index (χ1n) is 38.2. The van der Waals surface area contributed by atoms with Crippen molar-refractivity contribution in [2.24, 2.45) is 0 Å². The van der Waals surface area contributed by atoms with E-state index in [1.54, 1.807) is 0 Å². The van der Waals surface area contributed by atoms with Crippen LogP contribution in [0.2, 0.25) is 0 Å². The molecule has 9 aliphatic rings. The molecule has 698 valence electrons. The maximum Gasteiger partial charge on any atom is 0.364 e. The Morgan fingerprint density at radius 2 is 0.678 bits per heavy atom. The topological polar surface area (TPSA) is 845 Å². The Kier molecular flexibility index (Phi) is 35.7. The van der Waals surface area contributed by atoms with Crippen molar-refractivity contribution in [1.29, 1.82) is 0 Å². The lowest BCUT2D eigenvalue weighted by atomic mass is 9.88. The molecule has 54 heteroatoms. The number of hydrogen-bond donors (Lipinski definition) is 31. The number of ether oxygens (including phenoxy) is 17. The lowest BCUT2D eigenvalue weighted by molar-refractivity contribution is -0.396. The van der Waals surface area contributed by atoms with E-state index < -0.39 is 383 Å². The summed E-state index contributed by atoms with van der Waals surface area (Å²) in [6.07, 6.45) is -87.1. The first-order valence-corrected chi connectivity index (χ1v) is 38.2. The zero-order valence-corrected chi connectivity index (χ0v) is 65.1. The van der Waals surface area contributed by atoms with Gasteiger partial charge in [0.25, 0.3) is 5.79 Å². The van der Waals surface area contributed by atoms with Gasteiger partial charge in [0.1, 0.15) is 213 Å². The molecule has 0 bridgehead atoms. The van der Waals surface area contributed by atoms with Gasteiger partial charge in [0.2, 0.25) is 29.5 Å². The number of carboxylic acid groups (broad SMARTS) is 1. The van der Waals surface area contributed by atoms with E-state index >= 15 is 0 Å². The first kappa shape index (κ1) is 99.9. The Labute approximate surface area is 684 Å². The molecule has 0 saturated carbocycles. The van der Waals surface area contributed by atoms with Crippen LogP contribution in [0.3, 0.4) is 0 Å². The van der Waals surface area contributed by atoms with Crippen molar-refractivity contribution < 1.29 is 242 Å². The molecule has 1 unspecified atom stereocenters. The van der Waals surface area contributed by atoms with Gasteiger partial charge in [-0.2, -0.15) is 0 Å². The molecule has 9 heterocycles. The maximum absolute atomic E-state index is 13.1. The summed E-state index contributed by atoms with van der Waals surface area (Å²) in [6, 6.07) is -9.11. The van der Waals surface area contributed by atoms with E-state index in [1.807, 2.05) is 0 Å². The van der Waals surface area contributed by atoms with Crippen molar-refractivity contribution in [2.45, 2.75) is 323 Å². The Bertz CT molecular complexity index is 3340. The fourth-order valence-corrected chi connectivity index (χ4v) is 15.4. The van der Waals surface area contributed by atoms with Gasteiger partial charge < -0.3 is 240 Å². The second-order valence-corrected chi connectivity index (χ2v) is 30.4. The number of aliphatic carboxylic acids is 1. The SMILES string of the molecule is CC(=O)N[C@H]1[C@H](O[C@H]2[C@H](O)[C@@H](NC(C)=O)C(O)O[C@@H]2CO)O[C@H](CO)[C@@H](O[C@@H]2O[C@H](CO[C@H]3O[C@H](CO)[C@@H](O)[C@H](O)[C@@H]3O[C@@H]3O[C@H](CO)[C@@H](O[C@@H]4O[C@H](CO[C@]5(C(=O)O)C[C@H](O)[C@@H](NC(C)=O)[C@H]([C@H](O)[C@H](O)CO)O5)[C@H](O)[C@H](O)[C@H]4O)[C@H](O)[C@H]3NC(C)=O)[C@@H](O)[C@H](O[C@H]3O[C@H](CO)[C@@H](O)[C@H](O)[C@@H]3O[C@@H]3O[C@H](CO)[C@@H](O)[C@H](O)[C@H]3NC(C)=O)[C@@H]2O)[C@@H]1O. The van der Waals surface area contributed by atoms with E-state index in [9.17, 15) is 162 Å². The molecule has 5 amide bonds. The molecule has 0 radical (unpaired) electrons. The highest BCUT2D eigenvalue weighted by Gasteiger charge is 2.62. The maximum atomic E-state index is 13.1. The van der Waals surface area contributed by atoms with Crippen LogP contribution in [0.5, 0.6) is 0 Å². The average Bonchev–Trinajstić information content (AvgIpc) is 0.766. The van der Waals surface area contributed by atoms with Gasteiger partial charge in [-0.15, -0.1) is 0 Å². The third-order valence-corrected chi connectivity index (χ3v) is 21.7. The normalized spacial score (nSPS) is 46.6. The zero-order chi connectivity index (χ0) is 89.6. The molecular weight excluding hydrogens is 1660 g/mol. The molecule has 54 nitrogen and oxygen atoms in total. The summed E-state index contributed by atoms with van der Waals surface area (Å²) in [5, 5.41) is 301. The summed E-state index contributed by atoms with van der Waals surface area (Å²) in [7, 11) is 0. The second-order valence-electron chi connectivity index (χ2n) is 30.4. The Balaban J connectivity index is 1.01. The van der Waals surface area contributed by atoms with Gasteiger partial charge in [0.15, 0.2) is 50.3 Å². The van der Waals surface area contributed by atoms with Crippen LogP contribution in [0.4, 0.5) is 0 Å². The van der Waals surface area contributed by atoms with Gasteiger partial charge >= 0.3 is 5.97 Å². The van der Waals surface area contributed by atoms with E-state index in [1.165, 1.54) is 0 Å². The molecular formula is C67H111N5O49. The molecule has 0 aromatic carbocycles. The number of carbonyl (C=O) groups is 6. The molecule has 121 heavy (non-hydrogen) atoms. The molecule has 9 aliphatic heterocycles.